The fourth-order valence-electron chi connectivity index (χ4n) is 7.88. The second-order valence-electron chi connectivity index (χ2n) is 14.4. The lowest BCUT2D eigenvalue weighted by molar-refractivity contribution is -0.137. The Bertz CT molecular complexity index is 2390. The number of ether oxygens (including phenoxy) is 3. The molecule has 2 fully saturated rings. The number of H-pyrrole nitrogens is 2. The Morgan fingerprint density at radius 3 is 2.13 bits per heavy atom. The maximum absolute atomic E-state index is 13.7. The van der Waals surface area contributed by atoms with Crippen LogP contribution in [-0.2, 0) is 25.6 Å². The molecule has 0 bridgehead atoms. The van der Waals surface area contributed by atoms with E-state index in [-0.39, 0.29) is 78.6 Å². The fraction of sp³-hybridized carbons (Fsp3) is 0.341. The van der Waals surface area contributed by atoms with Crippen molar-refractivity contribution in [3.05, 3.63) is 108 Å². The van der Waals surface area contributed by atoms with Gasteiger partial charge in [0, 0.05) is 25.8 Å². The molecule has 0 saturated carbocycles. The summed E-state index contributed by atoms with van der Waals surface area (Å²) in [4.78, 5) is 58.8. The Morgan fingerprint density at radius 1 is 0.800 bits per heavy atom. The molecule has 0 unspecified atom stereocenters. The van der Waals surface area contributed by atoms with E-state index in [1.54, 1.807) is 22.9 Å². The maximum Gasteiger partial charge on any atom is 0.410 e. The van der Waals surface area contributed by atoms with E-state index in [0.717, 1.165) is 81.3 Å². The number of aromatic nitrogens is 4. The molecule has 13 nitrogen and oxygen atoms in total. The van der Waals surface area contributed by atoms with Gasteiger partial charge in [0.25, 0.3) is 0 Å². The van der Waals surface area contributed by atoms with Gasteiger partial charge in [-0.2, -0.15) is 40.5 Å². The van der Waals surface area contributed by atoms with Crippen LogP contribution < -0.4 is 5.32 Å². The van der Waals surface area contributed by atoms with Crippen LogP contribution in [0, 0.1) is 0 Å². The molecule has 3 amide bonds. The number of rotatable bonds is 10. The summed E-state index contributed by atoms with van der Waals surface area (Å²) in [6.07, 6.45) is 3.52. The molecule has 2 aromatic heterocycles. The molecule has 4 atom stereocenters. The molecule has 0 aliphatic carbocycles. The van der Waals surface area contributed by atoms with Gasteiger partial charge in [-0.1, -0.05) is 68.1 Å². The van der Waals surface area contributed by atoms with Crippen LogP contribution in [0.1, 0.15) is 69.3 Å². The minimum absolute atomic E-state index is 0. The summed E-state index contributed by atoms with van der Waals surface area (Å²) in [6.45, 7) is 3.16. The Hall–Kier alpha value is -5.16. The topological polar surface area (TPSA) is 155 Å². The Morgan fingerprint density at radius 2 is 1.43 bits per heavy atom. The molecular weight excluding hydrogens is 819 g/mol. The molecule has 2 saturated heterocycles. The Labute approximate surface area is 371 Å². The van der Waals surface area contributed by atoms with Crippen molar-refractivity contribution in [2.45, 2.75) is 70.9 Å². The van der Waals surface area contributed by atoms with Gasteiger partial charge in [-0.25, -0.2) is 19.6 Å². The highest BCUT2D eigenvalue weighted by atomic mass is 32.1. The van der Waals surface area contributed by atoms with Crippen LogP contribution in [0.5, 0.6) is 0 Å². The summed E-state index contributed by atoms with van der Waals surface area (Å²) in [7, 11) is 2.77. The van der Waals surface area contributed by atoms with Crippen LogP contribution in [0.4, 0.5) is 9.59 Å². The van der Waals surface area contributed by atoms with Gasteiger partial charge >= 0.3 is 12.2 Å². The summed E-state index contributed by atoms with van der Waals surface area (Å²) in [5, 5.41) is 4.80. The van der Waals surface area contributed by atoms with Gasteiger partial charge in [0.15, 0.2) is 0 Å². The first-order valence-electron chi connectivity index (χ1n) is 19.0. The average molecular weight is 874 g/mol. The number of nitrogens with one attached hydrogen (secondary N) is 3. The highest BCUT2D eigenvalue weighted by Gasteiger charge is 2.39. The fourth-order valence-corrected chi connectivity index (χ4v) is 7.88. The van der Waals surface area contributed by atoms with Crippen molar-refractivity contribution in [2.24, 2.45) is 0 Å². The standard InChI is InChI=1S/C43H45N7O6.CH4.3H2S/c1-26(54-2)38(48-42(52)55-3)41(51)49-19-7-11-36(49)39-44-24-35(47-39)32-16-15-28-21-29(13-14-30(28)22-32)31-17-18-33-34(23-31)46-40(45-33)37-12-8-20-50(37)43(53)56-25-27-9-5-4-6-10-27;;;;/h4-6,9-10,13-18,21-24,26,36-38H,7-8,11-12,19-20,25H2,1-3H3,(H,44,47)(H,45,46)(H,48,52);1H4;3*1H2/t26-,36+,37+,38+;;;;/m1..../s1. The third-order valence-corrected chi connectivity index (χ3v) is 11.0. The number of methoxy groups -OCH3 is 2. The number of benzene rings is 4. The van der Waals surface area contributed by atoms with Crippen molar-refractivity contribution in [1.29, 1.82) is 0 Å². The zero-order valence-corrected chi connectivity index (χ0v) is 36.2. The number of hydrogen-bond donors (Lipinski definition) is 3. The van der Waals surface area contributed by atoms with Gasteiger partial charge in [-0.15, -0.1) is 0 Å². The molecule has 6 aromatic rings. The van der Waals surface area contributed by atoms with Gasteiger partial charge in [-0.05, 0) is 84.3 Å². The summed E-state index contributed by atoms with van der Waals surface area (Å²) < 4.78 is 15.8. The molecule has 0 radical (unpaired) electrons. The minimum Gasteiger partial charge on any atom is -0.453 e. The molecule has 60 heavy (non-hydrogen) atoms. The van der Waals surface area contributed by atoms with E-state index in [2.05, 4.69) is 63.8 Å². The average Bonchev–Trinajstić information content (AvgIpc) is 4.07. The first kappa shape index (κ1) is 47.5. The molecule has 2 aliphatic rings. The minimum atomic E-state index is -0.891. The predicted molar refractivity (Wildman–Crippen MR) is 249 cm³/mol. The molecule has 8 rings (SSSR count). The highest BCUT2D eigenvalue weighted by molar-refractivity contribution is 7.59. The normalized spacial score (nSPS) is 16.8. The number of amides is 3. The van der Waals surface area contributed by atoms with Crippen LogP contribution in [0.3, 0.4) is 0 Å². The Kier molecular flexibility index (Phi) is 16.5. The number of likely N-dealkylation sites (tertiary alicyclic amines) is 2. The van der Waals surface area contributed by atoms with Crippen molar-refractivity contribution in [3.63, 3.8) is 0 Å². The number of imidazole rings is 2. The second kappa shape index (κ2) is 20.9. The van der Waals surface area contributed by atoms with Crippen LogP contribution >= 0.6 is 40.5 Å². The molecule has 0 spiro atoms. The summed E-state index contributed by atoms with van der Waals surface area (Å²) in [5.41, 5.74) is 6.69. The highest BCUT2D eigenvalue weighted by Crippen LogP contribution is 2.36. The summed E-state index contributed by atoms with van der Waals surface area (Å²) >= 11 is 0. The lowest BCUT2D eigenvalue weighted by Gasteiger charge is -2.30. The molecule has 4 aromatic carbocycles. The van der Waals surface area contributed by atoms with E-state index in [1.807, 2.05) is 36.4 Å². The molecule has 16 heteroatoms. The number of carbonyl (C=O) groups excluding carboxylic acids is 3. The van der Waals surface area contributed by atoms with E-state index >= 15 is 0 Å². The first-order chi connectivity index (χ1) is 27.3. The molecule has 320 valence electrons. The second-order valence-corrected chi connectivity index (χ2v) is 14.4. The number of fused-ring (bicyclic) bond motifs is 2. The van der Waals surface area contributed by atoms with E-state index < -0.39 is 18.2 Å². The zero-order chi connectivity index (χ0) is 38.8. The lowest BCUT2D eigenvalue weighted by Crippen LogP contribution is -2.54. The van der Waals surface area contributed by atoms with Crippen LogP contribution in [0.2, 0.25) is 0 Å². The van der Waals surface area contributed by atoms with Crippen molar-refractivity contribution in [1.82, 2.24) is 35.1 Å². The van der Waals surface area contributed by atoms with E-state index in [4.69, 9.17) is 24.2 Å². The van der Waals surface area contributed by atoms with E-state index in [0.29, 0.717) is 18.9 Å². The predicted octanol–water partition coefficient (Wildman–Crippen LogP) is 8.64. The monoisotopic (exact) mass is 873 g/mol. The van der Waals surface area contributed by atoms with E-state index in [9.17, 15) is 14.4 Å². The molecule has 4 heterocycles. The summed E-state index contributed by atoms with van der Waals surface area (Å²) in [6, 6.07) is 27.3. The molecule has 2 aliphatic heterocycles. The van der Waals surface area contributed by atoms with Crippen molar-refractivity contribution >= 4 is 80.4 Å². The van der Waals surface area contributed by atoms with Gasteiger partial charge < -0.3 is 34.4 Å². The summed E-state index contributed by atoms with van der Waals surface area (Å²) in [5.74, 6) is 1.23. The van der Waals surface area contributed by atoms with Gasteiger partial charge in [0.05, 0.1) is 48.2 Å². The maximum atomic E-state index is 13.7. The number of carbonyl (C=O) groups is 3. The molecular formula is C44H55N7O6S3. The third kappa shape index (κ3) is 9.89. The van der Waals surface area contributed by atoms with Crippen LogP contribution in [0.25, 0.3) is 44.2 Å². The number of hydrogen-bond acceptors (Lipinski definition) is 8. The quantitative estimate of drug-likeness (QED) is 0.124. The van der Waals surface area contributed by atoms with Crippen molar-refractivity contribution in [3.8, 4) is 22.4 Å². The third-order valence-electron chi connectivity index (χ3n) is 11.0. The van der Waals surface area contributed by atoms with Gasteiger partial charge in [0.2, 0.25) is 5.91 Å². The number of aromatic amines is 2. The van der Waals surface area contributed by atoms with E-state index in [1.165, 1.54) is 14.2 Å². The van der Waals surface area contributed by atoms with Crippen molar-refractivity contribution in [2.75, 3.05) is 27.3 Å². The zero-order valence-electron chi connectivity index (χ0n) is 33.2. The molecule has 3 N–H and O–H groups in total. The number of nitrogens with zero attached hydrogens (tertiary/aromatic N) is 4. The first-order valence-corrected chi connectivity index (χ1v) is 19.0. The lowest BCUT2D eigenvalue weighted by atomic mass is 9.99. The van der Waals surface area contributed by atoms with Crippen LogP contribution in [-0.4, -0.2) is 87.3 Å². The van der Waals surface area contributed by atoms with Crippen LogP contribution in [0.15, 0.2) is 91.1 Å². The number of alkyl carbamates (subject to hydrolysis) is 1. The van der Waals surface area contributed by atoms with Gasteiger partial charge in [0.1, 0.15) is 24.3 Å². The largest absolute Gasteiger partial charge is 0.453 e. The SMILES string of the molecule is C.COC(=O)N[C@H](C(=O)N1CCC[C@H]1c1ncc(-c2ccc3cc(-c4ccc5nc([C@@H]6CCCN6C(=O)OCc6ccccc6)[nH]c5c4)ccc3c2)[nH]1)[C@@H](C)OC.S.S.S. The van der Waals surface area contributed by atoms with Crippen molar-refractivity contribution < 1.29 is 28.6 Å². The van der Waals surface area contributed by atoms with Gasteiger partial charge in [-0.3, -0.25) is 9.69 Å². The smallest absolute Gasteiger partial charge is 0.410 e. The Balaban J connectivity index is 0.00000198.